The third-order valence-electron chi connectivity index (χ3n) is 2.83. The fraction of sp³-hybridized carbons (Fsp3) is 0.417. The molecule has 0 amide bonds. The predicted octanol–water partition coefficient (Wildman–Crippen LogP) is 3.54. The van der Waals surface area contributed by atoms with Crippen LogP contribution in [0.25, 0.3) is 0 Å². The minimum absolute atomic E-state index is 0.670. The van der Waals surface area contributed by atoms with Gasteiger partial charge in [0.2, 0.25) is 0 Å². The molecule has 2 heteroatoms. The highest BCUT2D eigenvalue weighted by molar-refractivity contribution is 9.10. The first kappa shape index (κ1) is 9.73. The van der Waals surface area contributed by atoms with Gasteiger partial charge in [0.15, 0.2) is 0 Å². The second kappa shape index (κ2) is 4.14. The van der Waals surface area contributed by atoms with Gasteiger partial charge in [-0.25, -0.2) is 0 Å². The Labute approximate surface area is 92.9 Å². The van der Waals surface area contributed by atoms with E-state index in [1.54, 1.807) is 0 Å². The molecule has 1 aromatic carbocycles. The maximum atomic E-state index is 8.54. The molecule has 1 nitrogen and oxygen atoms in total. The van der Waals surface area contributed by atoms with E-state index in [2.05, 4.69) is 46.3 Å². The summed E-state index contributed by atoms with van der Waals surface area (Å²) in [5, 5.41) is 8.54. The highest BCUT2D eigenvalue weighted by Gasteiger charge is 2.36. The maximum Gasteiger partial charge on any atom is 0.0624 e. The molecule has 0 saturated heterocycles. The van der Waals surface area contributed by atoms with Crippen molar-refractivity contribution in [3.8, 4) is 6.07 Å². The first-order valence-corrected chi connectivity index (χ1v) is 5.70. The van der Waals surface area contributed by atoms with Gasteiger partial charge in [-0.3, -0.25) is 0 Å². The van der Waals surface area contributed by atoms with Crippen LogP contribution in [-0.4, -0.2) is 0 Å². The van der Waals surface area contributed by atoms with E-state index in [1.165, 1.54) is 12.0 Å². The van der Waals surface area contributed by atoms with Gasteiger partial charge in [-0.1, -0.05) is 28.1 Å². The number of hydrogen-bond donors (Lipinski definition) is 0. The Bertz CT molecular complexity index is 350. The Morgan fingerprint density at radius 1 is 1.29 bits per heavy atom. The van der Waals surface area contributed by atoms with Crippen molar-refractivity contribution in [2.75, 3.05) is 0 Å². The largest absolute Gasteiger partial charge is 0.198 e. The van der Waals surface area contributed by atoms with Crippen LogP contribution in [0.3, 0.4) is 0 Å². The van der Waals surface area contributed by atoms with Crippen molar-refractivity contribution in [3.63, 3.8) is 0 Å². The quantitative estimate of drug-likeness (QED) is 0.804. The SMILES string of the molecule is N#CCC1CC1Cc1ccc(Br)cc1. The fourth-order valence-electron chi connectivity index (χ4n) is 1.85. The molecular formula is C12H12BrN. The smallest absolute Gasteiger partial charge is 0.0624 e. The standard InChI is InChI=1S/C12H12BrN/c13-12-3-1-9(2-4-12)7-11-8-10(11)5-6-14/h1-4,10-11H,5,7-8H2. The van der Waals surface area contributed by atoms with Crippen molar-refractivity contribution < 1.29 is 0 Å². The molecule has 0 N–H and O–H groups in total. The third kappa shape index (κ3) is 2.36. The summed E-state index contributed by atoms with van der Waals surface area (Å²) in [5.41, 5.74) is 1.39. The lowest BCUT2D eigenvalue weighted by Crippen LogP contribution is -1.89. The van der Waals surface area contributed by atoms with Gasteiger partial charge in [0, 0.05) is 10.9 Å². The summed E-state index contributed by atoms with van der Waals surface area (Å²) in [5.74, 6) is 1.43. The van der Waals surface area contributed by atoms with E-state index in [0.29, 0.717) is 5.92 Å². The summed E-state index contributed by atoms with van der Waals surface area (Å²) in [7, 11) is 0. The molecule has 1 aromatic rings. The van der Waals surface area contributed by atoms with Crippen LogP contribution in [0.5, 0.6) is 0 Å². The Morgan fingerprint density at radius 3 is 2.64 bits per heavy atom. The van der Waals surface area contributed by atoms with Crippen LogP contribution in [0.2, 0.25) is 0 Å². The van der Waals surface area contributed by atoms with Crippen LogP contribution in [-0.2, 0) is 6.42 Å². The van der Waals surface area contributed by atoms with Crippen LogP contribution in [0.15, 0.2) is 28.7 Å². The first-order chi connectivity index (χ1) is 6.79. The Balaban J connectivity index is 1.88. The van der Waals surface area contributed by atoms with E-state index >= 15 is 0 Å². The molecule has 0 aromatic heterocycles. The lowest BCUT2D eigenvalue weighted by molar-refractivity contribution is 0.710. The molecule has 1 saturated carbocycles. The molecule has 1 aliphatic rings. The average molecular weight is 250 g/mol. The molecule has 72 valence electrons. The number of nitriles is 1. The van der Waals surface area contributed by atoms with Crippen molar-refractivity contribution in [1.82, 2.24) is 0 Å². The van der Waals surface area contributed by atoms with Crippen LogP contribution >= 0.6 is 15.9 Å². The highest BCUT2D eigenvalue weighted by atomic mass is 79.9. The van der Waals surface area contributed by atoms with E-state index < -0.39 is 0 Å². The summed E-state index contributed by atoms with van der Waals surface area (Å²) in [6, 6.07) is 10.7. The number of nitrogens with zero attached hydrogens (tertiary/aromatic N) is 1. The summed E-state index contributed by atoms with van der Waals surface area (Å²) < 4.78 is 1.13. The molecule has 1 fully saturated rings. The fourth-order valence-corrected chi connectivity index (χ4v) is 2.12. The molecule has 0 heterocycles. The Morgan fingerprint density at radius 2 is 2.00 bits per heavy atom. The third-order valence-corrected chi connectivity index (χ3v) is 3.36. The molecule has 0 spiro atoms. The van der Waals surface area contributed by atoms with Crippen molar-refractivity contribution in [2.24, 2.45) is 11.8 Å². The number of benzene rings is 1. The minimum atomic E-state index is 0.670. The number of rotatable bonds is 3. The predicted molar refractivity (Wildman–Crippen MR) is 59.7 cm³/mol. The summed E-state index contributed by atoms with van der Waals surface area (Å²) >= 11 is 3.42. The first-order valence-electron chi connectivity index (χ1n) is 4.91. The van der Waals surface area contributed by atoms with Crippen molar-refractivity contribution in [2.45, 2.75) is 19.3 Å². The molecule has 0 radical (unpaired) electrons. The van der Waals surface area contributed by atoms with Crippen molar-refractivity contribution in [1.29, 1.82) is 5.26 Å². The van der Waals surface area contributed by atoms with Crippen molar-refractivity contribution >= 4 is 15.9 Å². The number of hydrogen-bond acceptors (Lipinski definition) is 1. The van der Waals surface area contributed by atoms with E-state index in [9.17, 15) is 0 Å². The van der Waals surface area contributed by atoms with Crippen LogP contribution in [0, 0.1) is 23.2 Å². The van der Waals surface area contributed by atoms with E-state index in [-0.39, 0.29) is 0 Å². The lowest BCUT2D eigenvalue weighted by Gasteiger charge is -1.99. The second-order valence-electron chi connectivity index (χ2n) is 3.95. The van der Waals surface area contributed by atoms with E-state index in [1.807, 2.05) is 0 Å². The second-order valence-corrected chi connectivity index (χ2v) is 4.86. The topological polar surface area (TPSA) is 23.8 Å². The molecule has 2 rings (SSSR count). The summed E-state index contributed by atoms with van der Waals surface area (Å²) in [6.07, 6.45) is 3.12. The maximum absolute atomic E-state index is 8.54. The van der Waals surface area contributed by atoms with Gasteiger partial charge in [0.05, 0.1) is 6.07 Å². The van der Waals surface area contributed by atoms with Gasteiger partial charge < -0.3 is 0 Å². The molecule has 1 aliphatic carbocycles. The van der Waals surface area contributed by atoms with E-state index in [0.717, 1.165) is 23.2 Å². The minimum Gasteiger partial charge on any atom is -0.198 e. The molecular weight excluding hydrogens is 238 g/mol. The average Bonchev–Trinajstić information content (AvgIpc) is 2.89. The van der Waals surface area contributed by atoms with Gasteiger partial charge in [0.1, 0.15) is 0 Å². The molecule has 0 bridgehead atoms. The van der Waals surface area contributed by atoms with Crippen LogP contribution < -0.4 is 0 Å². The van der Waals surface area contributed by atoms with Crippen LogP contribution in [0.4, 0.5) is 0 Å². The van der Waals surface area contributed by atoms with Gasteiger partial charge in [0.25, 0.3) is 0 Å². The normalized spacial score (nSPS) is 24.3. The Hall–Kier alpha value is -0.810. The number of halogens is 1. The molecule has 2 atom stereocenters. The molecule has 14 heavy (non-hydrogen) atoms. The zero-order valence-corrected chi connectivity index (χ0v) is 9.50. The zero-order valence-electron chi connectivity index (χ0n) is 7.91. The zero-order chi connectivity index (χ0) is 9.97. The van der Waals surface area contributed by atoms with Crippen molar-refractivity contribution in [3.05, 3.63) is 34.3 Å². The lowest BCUT2D eigenvalue weighted by atomic mass is 10.1. The summed E-state index contributed by atoms with van der Waals surface area (Å²) in [6.45, 7) is 0. The van der Waals surface area contributed by atoms with E-state index in [4.69, 9.17) is 5.26 Å². The van der Waals surface area contributed by atoms with Gasteiger partial charge in [-0.2, -0.15) is 5.26 Å². The van der Waals surface area contributed by atoms with Gasteiger partial charge in [-0.05, 0) is 42.4 Å². The molecule has 2 unspecified atom stereocenters. The van der Waals surface area contributed by atoms with Crippen LogP contribution in [0.1, 0.15) is 18.4 Å². The van der Waals surface area contributed by atoms with Gasteiger partial charge >= 0.3 is 0 Å². The highest BCUT2D eigenvalue weighted by Crippen LogP contribution is 2.43. The Kier molecular flexibility index (Phi) is 2.88. The van der Waals surface area contributed by atoms with Gasteiger partial charge in [-0.15, -0.1) is 0 Å². The summed E-state index contributed by atoms with van der Waals surface area (Å²) in [4.78, 5) is 0. The molecule has 0 aliphatic heterocycles. The monoisotopic (exact) mass is 249 g/mol.